The Bertz CT molecular complexity index is 1930. The van der Waals surface area contributed by atoms with Gasteiger partial charge in [-0.2, -0.15) is 23.1 Å². The first-order valence-electron chi connectivity index (χ1n) is 17.9. The van der Waals surface area contributed by atoms with Crippen LogP contribution < -0.4 is 15.4 Å². The number of carbonyl (C=O) groups is 1. The van der Waals surface area contributed by atoms with E-state index in [-0.39, 0.29) is 82.2 Å². The third kappa shape index (κ3) is 5.90. The van der Waals surface area contributed by atoms with Gasteiger partial charge < -0.3 is 25.2 Å². The van der Waals surface area contributed by atoms with Crippen LogP contribution in [0.2, 0.25) is 5.02 Å². The van der Waals surface area contributed by atoms with Crippen LogP contribution in [0.25, 0.3) is 22.2 Å². The van der Waals surface area contributed by atoms with Crippen LogP contribution in [0, 0.1) is 24.1 Å². The lowest BCUT2D eigenvalue weighted by molar-refractivity contribution is -0.162. The number of hydrogen-bond acceptors (Lipinski definition) is 8. The summed E-state index contributed by atoms with van der Waals surface area (Å²) in [4.78, 5) is 32.5. The minimum absolute atomic E-state index is 0.127. The molecule has 0 spiro atoms. The maximum atomic E-state index is 16.9. The van der Waals surface area contributed by atoms with Gasteiger partial charge in [0.15, 0.2) is 5.82 Å². The molecule has 8 rings (SSSR count). The molecular formula is C36H40ClF6N7O2. The number of amides is 1. The number of aryl methyl sites for hydroxylation is 1. The first-order valence-corrected chi connectivity index (χ1v) is 18.3. The Labute approximate surface area is 301 Å². The summed E-state index contributed by atoms with van der Waals surface area (Å²) >= 11 is 6.66. The third-order valence-electron chi connectivity index (χ3n) is 12.1. The topological polar surface area (TPSA) is 101 Å². The Kier molecular flexibility index (Phi) is 8.51. The summed E-state index contributed by atoms with van der Waals surface area (Å²) in [7, 11) is 2.10. The molecule has 0 radical (unpaired) electrons. The zero-order chi connectivity index (χ0) is 36.9. The van der Waals surface area contributed by atoms with Crippen LogP contribution in [-0.4, -0.2) is 88.0 Å². The van der Waals surface area contributed by atoms with Gasteiger partial charge in [-0.1, -0.05) is 18.0 Å². The SMILES string of the molecule is Cc1cc(N)nc(-c2c(Cl)cc3c(N4CC5CCC(C4)N5C(=O)C4CC(F)(F)C4)nc(OC[C@]45CCC[C@H]4N(C)CCC5)nc3c2F)c1C(F)(F)F. The average Bonchev–Trinajstić information content (AvgIpc) is 3.60. The molecule has 2 aliphatic carbocycles. The van der Waals surface area contributed by atoms with Crippen LogP contribution in [0.3, 0.4) is 0 Å². The summed E-state index contributed by atoms with van der Waals surface area (Å²) in [6.45, 7) is 3.04. The summed E-state index contributed by atoms with van der Waals surface area (Å²) in [6, 6.07) is 2.00. The number of aromatic nitrogens is 3. The molecule has 4 atom stereocenters. The number of nitrogens with zero attached hydrogens (tertiary/aromatic N) is 6. The van der Waals surface area contributed by atoms with E-state index in [9.17, 15) is 26.7 Å². The first kappa shape index (κ1) is 35.4. The minimum Gasteiger partial charge on any atom is -0.463 e. The summed E-state index contributed by atoms with van der Waals surface area (Å²) < 4.78 is 93.9. The van der Waals surface area contributed by atoms with Crippen molar-refractivity contribution in [1.29, 1.82) is 0 Å². The number of piperazine rings is 1. The Hall–Kier alpha value is -3.59. The van der Waals surface area contributed by atoms with Gasteiger partial charge in [-0.15, -0.1) is 0 Å². The second-order valence-electron chi connectivity index (χ2n) is 15.5. The second kappa shape index (κ2) is 12.5. The van der Waals surface area contributed by atoms with Gasteiger partial charge in [0, 0.05) is 60.8 Å². The van der Waals surface area contributed by atoms with E-state index in [2.05, 4.69) is 21.9 Å². The molecule has 3 saturated heterocycles. The van der Waals surface area contributed by atoms with E-state index in [0.717, 1.165) is 44.7 Å². The van der Waals surface area contributed by atoms with Crippen LogP contribution >= 0.6 is 11.6 Å². The molecule has 1 aromatic carbocycles. The van der Waals surface area contributed by atoms with E-state index in [1.54, 1.807) is 4.90 Å². The number of likely N-dealkylation sites (tertiary alicyclic amines) is 1. The van der Waals surface area contributed by atoms with Crippen molar-refractivity contribution in [3.63, 3.8) is 0 Å². The van der Waals surface area contributed by atoms with Crippen molar-refractivity contribution in [2.75, 3.05) is 43.9 Å². The van der Waals surface area contributed by atoms with E-state index in [1.807, 2.05) is 4.90 Å². The molecular weight excluding hydrogens is 712 g/mol. The number of nitrogens with two attached hydrogens (primary N) is 1. The van der Waals surface area contributed by atoms with Crippen molar-refractivity contribution < 1.29 is 35.9 Å². The molecule has 2 saturated carbocycles. The lowest BCUT2D eigenvalue weighted by atomic mass is 9.76. The molecule has 2 aromatic heterocycles. The Morgan fingerprint density at radius 1 is 1.06 bits per heavy atom. The van der Waals surface area contributed by atoms with Gasteiger partial charge in [0.1, 0.15) is 17.2 Å². The lowest BCUT2D eigenvalue weighted by Gasteiger charge is -2.45. The summed E-state index contributed by atoms with van der Waals surface area (Å²) in [5.41, 5.74) is 2.68. The maximum absolute atomic E-state index is 16.9. The number of ether oxygens (including phenoxy) is 1. The number of halogens is 7. The maximum Gasteiger partial charge on any atom is 0.418 e. The van der Waals surface area contributed by atoms with Crippen LogP contribution in [0.15, 0.2) is 12.1 Å². The van der Waals surface area contributed by atoms with Gasteiger partial charge in [-0.25, -0.2) is 18.2 Å². The lowest BCUT2D eigenvalue weighted by Crippen LogP contribution is -2.59. The second-order valence-corrected chi connectivity index (χ2v) is 15.9. The van der Waals surface area contributed by atoms with Crippen LogP contribution in [-0.2, 0) is 11.0 Å². The predicted molar refractivity (Wildman–Crippen MR) is 183 cm³/mol. The Balaban J connectivity index is 1.21. The van der Waals surface area contributed by atoms with Gasteiger partial charge >= 0.3 is 12.2 Å². The fourth-order valence-corrected chi connectivity index (χ4v) is 10.1. The monoisotopic (exact) mass is 751 g/mol. The van der Waals surface area contributed by atoms with Gasteiger partial charge in [0.25, 0.3) is 0 Å². The molecule has 5 fully saturated rings. The number of fused-ring (bicyclic) bond motifs is 4. The van der Waals surface area contributed by atoms with Crippen molar-refractivity contribution in [3.05, 3.63) is 34.1 Å². The molecule has 280 valence electrons. The molecule has 9 nitrogen and oxygen atoms in total. The van der Waals surface area contributed by atoms with Crippen molar-refractivity contribution in [1.82, 2.24) is 24.8 Å². The van der Waals surface area contributed by atoms with E-state index >= 15 is 4.39 Å². The van der Waals surface area contributed by atoms with Gasteiger partial charge in [0.05, 0.1) is 28.5 Å². The number of anilines is 2. The fraction of sp³-hybridized carbons (Fsp3) is 0.611. The predicted octanol–water partition coefficient (Wildman–Crippen LogP) is 7.26. The standard InChI is InChI=1S/C36H40ClF6N7O2/c1-18-11-25(44)45-30(27(18)36(41,42)43)26-23(37)12-22-29(28(26)38)46-33(52-17-34-8-3-5-24(34)48(2)10-4-9-34)47-31(22)49-15-20-6-7-21(16-49)50(20)32(51)19-13-35(39,40)14-19/h11-12,19-21,24H,3-10,13-17H2,1-2H3,(H2,44,45)/t20?,21?,24-,34-/m1/s1. The zero-order valence-corrected chi connectivity index (χ0v) is 29.6. The van der Waals surface area contributed by atoms with Crippen molar-refractivity contribution in [2.45, 2.75) is 94.9 Å². The molecule has 3 aliphatic heterocycles. The van der Waals surface area contributed by atoms with E-state index in [1.165, 1.54) is 13.0 Å². The van der Waals surface area contributed by atoms with Gasteiger partial charge in [0.2, 0.25) is 11.8 Å². The number of hydrogen-bond donors (Lipinski definition) is 1. The summed E-state index contributed by atoms with van der Waals surface area (Å²) in [5, 5.41) is -0.188. The quantitative estimate of drug-likeness (QED) is 0.263. The third-order valence-corrected chi connectivity index (χ3v) is 12.4. The number of piperidine rings is 1. The van der Waals surface area contributed by atoms with Crippen LogP contribution in [0.4, 0.5) is 38.0 Å². The molecule has 2 unspecified atom stereocenters. The minimum atomic E-state index is -4.90. The molecule has 52 heavy (non-hydrogen) atoms. The Morgan fingerprint density at radius 2 is 1.75 bits per heavy atom. The largest absolute Gasteiger partial charge is 0.463 e. The van der Waals surface area contributed by atoms with Crippen molar-refractivity contribution in [2.24, 2.45) is 11.3 Å². The molecule has 5 heterocycles. The first-order chi connectivity index (χ1) is 24.5. The molecule has 3 aromatic rings. The number of carbonyl (C=O) groups excluding carboxylic acids is 1. The van der Waals surface area contributed by atoms with Crippen molar-refractivity contribution >= 4 is 40.0 Å². The highest BCUT2D eigenvalue weighted by atomic mass is 35.5. The van der Waals surface area contributed by atoms with Gasteiger partial charge in [-0.3, -0.25) is 4.79 Å². The fourth-order valence-electron chi connectivity index (χ4n) is 9.79. The normalized spacial score (nSPS) is 27.6. The molecule has 5 aliphatic rings. The molecule has 16 heteroatoms. The van der Waals surface area contributed by atoms with E-state index in [0.29, 0.717) is 18.9 Å². The number of pyridine rings is 1. The summed E-state index contributed by atoms with van der Waals surface area (Å²) in [5.74, 6) is -4.93. The summed E-state index contributed by atoms with van der Waals surface area (Å²) in [6.07, 6.45) is 0.445. The molecule has 2 N–H and O–H groups in total. The highest BCUT2D eigenvalue weighted by molar-refractivity contribution is 6.34. The Morgan fingerprint density at radius 3 is 2.42 bits per heavy atom. The van der Waals surface area contributed by atoms with Gasteiger partial charge in [-0.05, 0) is 76.7 Å². The van der Waals surface area contributed by atoms with Crippen LogP contribution in [0.5, 0.6) is 6.01 Å². The highest BCUT2D eigenvalue weighted by Crippen LogP contribution is 2.49. The number of rotatable bonds is 6. The zero-order valence-electron chi connectivity index (χ0n) is 28.9. The van der Waals surface area contributed by atoms with E-state index in [4.69, 9.17) is 27.1 Å². The molecule has 2 bridgehead atoms. The number of alkyl halides is 5. The average molecular weight is 752 g/mol. The smallest absolute Gasteiger partial charge is 0.418 e. The number of benzene rings is 1. The number of nitrogen functional groups attached to an aromatic ring is 1. The highest BCUT2D eigenvalue weighted by Gasteiger charge is 2.54. The molecule has 1 amide bonds. The van der Waals surface area contributed by atoms with Crippen LogP contribution in [0.1, 0.15) is 68.9 Å². The van der Waals surface area contributed by atoms with E-state index < -0.39 is 53.5 Å². The van der Waals surface area contributed by atoms with Crippen molar-refractivity contribution in [3.8, 4) is 17.3 Å².